The predicted octanol–water partition coefficient (Wildman–Crippen LogP) is 4.01. The van der Waals surface area contributed by atoms with Crippen LogP contribution in [0.2, 0.25) is 0 Å². The van der Waals surface area contributed by atoms with Crippen molar-refractivity contribution in [1.29, 1.82) is 0 Å². The molecule has 1 rings (SSSR count). The van der Waals surface area contributed by atoms with Crippen molar-refractivity contribution in [3.63, 3.8) is 0 Å². The molecule has 0 aliphatic rings. The van der Waals surface area contributed by atoms with Gasteiger partial charge in [-0.2, -0.15) is 13.2 Å². The van der Waals surface area contributed by atoms with Gasteiger partial charge < -0.3 is 4.52 Å². The molecular formula is C17H26F3NO4S. The van der Waals surface area contributed by atoms with E-state index in [9.17, 15) is 26.4 Å². The van der Waals surface area contributed by atoms with Crippen molar-refractivity contribution in [3.8, 4) is 0 Å². The van der Waals surface area contributed by atoms with E-state index >= 15 is 0 Å². The first kappa shape index (κ1) is 22.7. The van der Waals surface area contributed by atoms with Crippen LogP contribution in [0, 0.1) is 0 Å². The van der Waals surface area contributed by atoms with Crippen LogP contribution in [-0.2, 0) is 26.5 Å². The maximum atomic E-state index is 12.5. The van der Waals surface area contributed by atoms with Crippen LogP contribution in [0.25, 0.3) is 0 Å². The van der Waals surface area contributed by atoms with Crippen molar-refractivity contribution in [1.82, 2.24) is 5.16 Å². The third-order valence-corrected chi connectivity index (χ3v) is 7.40. The molecule has 0 amide bonds. The molecule has 0 bridgehead atoms. The third-order valence-electron chi connectivity index (χ3n) is 4.79. The molecule has 0 saturated carbocycles. The van der Waals surface area contributed by atoms with Crippen LogP contribution < -0.4 is 0 Å². The number of hydrogen-bond donors (Lipinski definition) is 0. The molecule has 0 aromatic carbocycles. The highest BCUT2D eigenvalue weighted by atomic mass is 32.2. The Morgan fingerprint density at radius 1 is 1.19 bits per heavy atom. The first-order valence-corrected chi connectivity index (χ1v) is 10.1. The number of aromatic nitrogens is 1. The van der Waals surface area contributed by atoms with Gasteiger partial charge in [-0.15, -0.1) is 0 Å². The first-order chi connectivity index (χ1) is 11.6. The number of Topliss-reactive ketones (excluding diaryl/α,β-unsaturated/α-hetero) is 1. The summed E-state index contributed by atoms with van der Waals surface area (Å²) in [7, 11) is -4.04. The molecule has 0 spiro atoms. The highest BCUT2D eigenvalue weighted by Gasteiger charge is 2.42. The van der Waals surface area contributed by atoms with Gasteiger partial charge in [0.25, 0.3) is 0 Å². The van der Waals surface area contributed by atoms with Gasteiger partial charge in [-0.1, -0.05) is 25.9 Å². The van der Waals surface area contributed by atoms with Crippen LogP contribution in [0.3, 0.4) is 0 Å². The molecule has 0 aliphatic carbocycles. The molecule has 1 aromatic heterocycles. The van der Waals surface area contributed by atoms with Crippen LogP contribution >= 0.6 is 0 Å². The predicted molar refractivity (Wildman–Crippen MR) is 91.7 cm³/mol. The molecule has 150 valence electrons. The van der Waals surface area contributed by atoms with Crippen LogP contribution in [0.1, 0.15) is 65.3 Å². The van der Waals surface area contributed by atoms with Crippen molar-refractivity contribution in [2.24, 2.45) is 0 Å². The minimum absolute atomic E-state index is 0.241. The largest absolute Gasteiger partial charge is 0.389 e. The summed E-state index contributed by atoms with van der Waals surface area (Å²) in [5.74, 6) is -1.10. The normalized spacial score (nSPS) is 13.8. The maximum Gasteiger partial charge on any atom is 0.389 e. The van der Waals surface area contributed by atoms with Crippen molar-refractivity contribution >= 4 is 15.6 Å². The van der Waals surface area contributed by atoms with E-state index in [0.29, 0.717) is 5.69 Å². The van der Waals surface area contributed by atoms with Crippen LogP contribution in [0.5, 0.6) is 0 Å². The Bertz CT molecular complexity index is 733. The zero-order chi connectivity index (χ0) is 20.4. The minimum atomic E-state index is -4.42. The van der Waals surface area contributed by atoms with Crippen molar-refractivity contribution in [2.75, 3.05) is 5.75 Å². The smallest absolute Gasteiger partial charge is 0.361 e. The van der Waals surface area contributed by atoms with Gasteiger partial charge in [0.15, 0.2) is 15.6 Å². The molecule has 0 N–H and O–H groups in total. The third kappa shape index (κ3) is 5.56. The molecular weight excluding hydrogens is 371 g/mol. The van der Waals surface area contributed by atoms with Crippen LogP contribution in [-0.4, -0.2) is 36.0 Å². The molecule has 0 aliphatic heterocycles. The second-order valence-electron chi connectivity index (χ2n) is 7.56. The fourth-order valence-corrected chi connectivity index (χ4v) is 3.61. The number of hydrogen-bond acceptors (Lipinski definition) is 5. The molecule has 0 saturated heterocycles. The van der Waals surface area contributed by atoms with E-state index in [0.717, 1.165) is 6.42 Å². The lowest BCUT2D eigenvalue weighted by atomic mass is 9.86. The number of carbonyl (C=O) groups excluding carboxylic acids is 1. The standard InChI is InChI=1S/C17H26F3NO4S/c1-6-15(2,3)13-10-12(25-21-13)11-14(22)16(4,5)26(23,24)9-7-8-17(18,19)20/h10H,6-9,11H2,1-5H3. The number of halogens is 3. The van der Waals surface area contributed by atoms with Crippen molar-refractivity contribution in [2.45, 2.75) is 76.6 Å². The molecule has 1 aromatic rings. The highest BCUT2D eigenvalue weighted by Crippen LogP contribution is 2.28. The second-order valence-corrected chi connectivity index (χ2v) is 10.2. The Kier molecular flexibility index (Phi) is 6.71. The Balaban J connectivity index is 2.84. The van der Waals surface area contributed by atoms with Gasteiger partial charge in [0.05, 0.1) is 17.9 Å². The Hall–Kier alpha value is -1.38. The van der Waals surface area contributed by atoms with E-state index in [4.69, 9.17) is 4.52 Å². The molecule has 9 heteroatoms. The lowest BCUT2D eigenvalue weighted by Crippen LogP contribution is -2.43. The number of sulfone groups is 1. The topological polar surface area (TPSA) is 77.2 Å². The molecule has 0 radical (unpaired) electrons. The van der Waals surface area contributed by atoms with E-state index in [1.54, 1.807) is 6.07 Å². The highest BCUT2D eigenvalue weighted by molar-refractivity contribution is 7.93. The number of ketones is 1. The summed E-state index contributed by atoms with van der Waals surface area (Å²) in [5.41, 5.74) is 0.415. The maximum absolute atomic E-state index is 12.5. The summed E-state index contributed by atoms with van der Waals surface area (Å²) < 4.78 is 64.7. The first-order valence-electron chi connectivity index (χ1n) is 8.41. The quantitative estimate of drug-likeness (QED) is 0.629. The van der Waals surface area contributed by atoms with E-state index in [-0.39, 0.29) is 17.6 Å². The molecule has 0 fully saturated rings. The summed E-state index contributed by atoms with van der Waals surface area (Å²) in [6.07, 6.45) is -5.68. The molecule has 5 nitrogen and oxygen atoms in total. The summed E-state index contributed by atoms with van der Waals surface area (Å²) in [6.45, 7) is 8.34. The number of carbonyl (C=O) groups is 1. The number of rotatable bonds is 9. The van der Waals surface area contributed by atoms with Gasteiger partial charge in [-0.3, -0.25) is 4.79 Å². The van der Waals surface area contributed by atoms with Gasteiger partial charge in [-0.25, -0.2) is 8.42 Å². The summed E-state index contributed by atoms with van der Waals surface area (Å²) >= 11 is 0. The van der Waals surface area contributed by atoms with Gasteiger partial charge in [-0.05, 0) is 26.7 Å². The molecule has 0 atom stereocenters. The van der Waals surface area contributed by atoms with E-state index in [2.05, 4.69) is 5.16 Å². The Labute approximate surface area is 152 Å². The van der Waals surface area contributed by atoms with Gasteiger partial charge in [0, 0.05) is 17.9 Å². The number of alkyl halides is 3. The SMILES string of the molecule is CCC(C)(C)c1cc(CC(=O)C(C)(C)S(=O)(=O)CCCC(F)(F)F)on1. The van der Waals surface area contributed by atoms with E-state index in [1.165, 1.54) is 13.8 Å². The fraction of sp³-hybridized carbons (Fsp3) is 0.765. The second kappa shape index (κ2) is 7.70. The monoisotopic (exact) mass is 397 g/mol. The van der Waals surface area contributed by atoms with Gasteiger partial charge in [0.2, 0.25) is 0 Å². The summed E-state index contributed by atoms with van der Waals surface area (Å²) in [4.78, 5) is 12.5. The average Bonchev–Trinajstić information content (AvgIpc) is 2.94. The Morgan fingerprint density at radius 3 is 2.27 bits per heavy atom. The van der Waals surface area contributed by atoms with Gasteiger partial charge in [0.1, 0.15) is 10.5 Å². The Morgan fingerprint density at radius 2 is 1.77 bits per heavy atom. The lowest BCUT2D eigenvalue weighted by molar-refractivity contribution is -0.134. The molecule has 1 heterocycles. The van der Waals surface area contributed by atoms with E-state index < -0.39 is 45.1 Å². The summed E-state index contributed by atoms with van der Waals surface area (Å²) in [5, 5.41) is 3.93. The number of nitrogens with zero attached hydrogens (tertiary/aromatic N) is 1. The lowest BCUT2D eigenvalue weighted by Gasteiger charge is -2.23. The fourth-order valence-electron chi connectivity index (χ4n) is 2.16. The zero-order valence-electron chi connectivity index (χ0n) is 15.7. The van der Waals surface area contributed by atoms with E-state index in [1.807, 2.05) is 20.8 Å². The van der Waals surface area contributed by atoms with Crippen molar-refractivity contribution < 1.29 is 30.9 Å². The molecule has 0 unspecified atom stereocenters. The average molecular weight is 397 g/mol. The molecule has 26 heavy (non-hydrogen) atoms. The summed E-state index contributed by atoms with van der Waals surface area (Å²) in [6, 6.07) is 1.62. The van der Waals surface area contributed by atoms with Crippen LogP contribution in [0.15, 0.2) is 10.6 Å². The minimum Gasteiger partial charge on any atom is -0.361 e. The van der Waals surface area contributed by atoms with Crippen LogP contribution in [0.4, 0.5) is 13.2 Å². The zero-order valence-corrected chi connectivity index (χ0v) is 16.6. The van der Waals surface area contributed by atoms with Gasteiger partial charge >= 0.3 is 6.18 Å². The van der Waals surface area contributed by atoms with Crippen molar-refractivity contribution in [3.05, 3.63) is 17.5 Å².